The van der Waals surface area contributed by atoms with E-state index in [-0.39, 0.29) is 17.2 Å². The zero-order valence-electron chi connectivity index (χ0n) is 14.5. The maximum atomic E-state index is 12.6. The normalized spacial score (nSPS) is 19.9. The summed E-state index contributed by atoms with van der Waals surface area (Å²) in [5, 5.41) is 9.64. The second-order valence-corrected chi connectivity index (χ2v) is 6.05. The number of methoxy groups -OCH3 is 2. The lowest BCUT2D eigenvalue weighted by Gasteiger charge is -2.32. The molecule has 0 bridgehead atoms. The van der Waals surface area contributed by atoms with Crippen LogP contribution in [-0.2, 0) is 9.53 Å². The van der Waals surface area contributed by atoms with E-state index >= 15 is 0 Å². The first-order valence-corrected chi connectivity index (χ1v) is 8.08. The third-order valence-electron chi connectivity index (χ3n) is 4.73. The molecule has 1 aromatic rings. The summed E-state index contributed by atoms with van der Waals surface area (Å²) >= 11 is 0. The number of benzene rings is 1. The quantitative estimate of drug-likeness (QED) is 0.909. The summed E-state index contributed by atoms with van der Waals surface area (Å²) in [6, 6.07) is 5.74. The number of rotatable bonds is 3. The average molecular weight is 340 g/mol. The van der Waals surface area contributed by atoms with Crippen LogP contribution in [-0.4, -0.2) is 20.0 Å². The van der Waals surface area contributed by atoms with E-state index < -0.39 is 5.92 Å². The molecule has 0 aromatic heterocycles. The summed E-state index contributed by atoms with van der Waals surface area (Å²) in [7, 11) is 3.14. The second kappa shape index (κ2) is 6.52. The van der Waals surface area contributed by atoms with E-state index in [1.807, 2.05) is 13.0 Å². The minimum atomic E-state index is -0.582. The molecule has 0 fully saturated rings. The molecule has 130 valence electrons. The van der Waals surface area contributed by atoms with Gasteiger partial charge in [-0.15, -0.1) is 0 Å². The van der Waals surface area contributed by atoms with E-state index in [4.69, 9.17) is 19.9 Å². The second-order valence-electron chi connectivity index (χ2n) is 6.05. The van der Waals surface area contributed by atoms with Crippen molar-refractivity contribution in [2.24, 2.45) is 5.73 Å². The van der Waals surface area contributed by atoms with Crippen molar-refractivity contribution in [3.8, 4) is 17.6 Å². The van der Waals surface area contributed by atoms with Crippen LogP contribution in [0.4, 0.5) is 0 Å². The Kier molecular flexibility index (Phi) is 4.41. The van der Waals surface area contributed by atoms with Crippen molar-refractivity contribution < 1.29 is 19.0 Å². The summed E-state index contributed by atoms with van der Waals surface area (Å²) in [5.74, 6) is 1.28. The third kappa shape index (κ3) is 2.62. The van der Waals surface area contributed by atoms with Gasteiger partial charge in [-0.1, -0.05) is 6.07 Å². The Bertz CT molecular complexity index is 846. The highest BCUT2D eigenvalue weighted by molar-refractivity contribution is 5.99. The molecule has 0 radical (unpaired) electrons. The molecule has 25 heavy (non-hydrogen) atoms. The van der Waals surface area contributed by atoms with E-state index in [1.165, 1.54) is 0 Å². The van der Waals surface area contributed by atoms with Gasteiger partial charge in [-0.05, 0) is 19.4 Å². The van der Waals surface area contributed by atoms with Crippen LogP contribution in [0.2, 0.25) is 0 Å². The van der Waals surface area contributed by atoms with E-state index in [0.717, 1.165) is 12.0 Å². The van der Waals surface area contributed by atoms with Crippen LogP contribution in [0.3, 0.4) is 0 Å². The average Bonchev–Trinajstić information content (AvgIpc) is 2.60. The van der Waals surface area contributed by atoms with Gasteiger partial charge in [0.1, 0.15) is 28.9 Å². The highest BCUT2D eigenvalue weighted by Crippen LogP contribution is 2.47. The molecular formula is C19H20N2O4. The first-order chi connectivity index (χ1) is 12.0. The fourth-order valence-corrected chi connectivity index (χ4v) is 3.58. The first-order valence-electron chi connectivity index (χ1n) is 8.08. The maximum Gasteiger partial charge on any atom is 0.205 e. The molecule has 6 nitrogen and oxygen atoms in total. The number of nitrogens with two attached hydrogens (primary N) is 1. The molecular weight excluding hydrogens is 320 g/mol. The number of nitrogens with zero attached hydrogens (tertiary/aromatic N) is 1. The van der Waals surface area contributed by atoms with Gasteiger partial charge in [0.2, 0.25) is 5.88 Å². The number of carbonyl (C=O) groups excluding carboxylic acids is 1. The van der Waals surface area contributed by atoms with Crippen LogP contribution < -0.4 is 15.2 Å². The van der Waals surface area contributed by atoms with Crippen molar-refractivity contribution in [2.45, 2.75) is 32.1 Å². The van der Waals surface area contributed by atoms with Crippen molar-refractivity contribution >= 4 is 5.78 Å². The molecule has 3 rings (SSSR count). The minimum absolute atomic E-state index is 0.0120. The molecule has 2 aliphatic rings. The summed E-state index contributed by atoms with van der Waals surface area (Å²) in [6.45, 7) is 1.87. The number of hydrogen-bond donors (Lipinski definition) is 1. The van der Waals surface area contributed by atoms with Gasteiger partial charge in [0, 0.05) is 29.5 Å². The number of carbonyl (C=O) groups is 1. The molecule has 1 aliphatic heterocycles. The molecule has 1 heterocycles. The SMILES string of the molecule is COc1ccc([C@@H]2C(C#N)=C(N)OC3=C2C(=O)CCC3)c(OC)c1C. The Labute approximate surface area is 146 Å². The van der Waals surface area contributed by atoms with Crippen molar-refractivity contribution in [3.05, 3.63) is 46.0 Å². The van der Waals surface area contributed by atoms with Gasteiger partial charge < -0.3 is 19.9 Å². The van der Waals surface area contributed by atoms with Crippen molar-refractivity contribution in [3.63, 3.8) is 0 Å². The fraction of sp³-hybridized carbons (Fsp3) is 0.368. The van der Waals surface area contributed by atoms with Gasteiger partial charge >= 0.3 is 0 Å². The van der Waals surface area contributed by atoms with Crippen LogP contribution >= 0.6 is 0 Å². The molecule has 0 unspecified atom stereocenters. The number of ether oxygens (including phenoxy) is 3. The summed E-state index contributed by atoms with van der Waals surface area (Å²) in [5.41, 5.74) is 8.24. The summed E-state index contributed by atoms with van der Waals surface area (Å²) < 4.78 is 16.5. The number of hydrogen-bond acceptors (Lipinski definition) is 6. The van der Waals surface area contributed by atoms with Gasteiger partial charge in [0.15, 0.2) is 5.78 Å². The van der Waals surface area contributed by atoms with Crippen LogP contribution in [0.5, 0.6) is 11.5 Å². The van der Waals surface area contributed by atoms with E-state index in [9.17, 15) is 10.1 Å². The topological polar surface area (TPSA) is 94.6 Å². The largest absolute Gasteiger partial charge is 0.496 e. The van der Waals surface area contributed by atoms with Gasteiger partial charge in [0.25, 0.3) is 0 Å². The lowest BCUT2D eigenvalue weighted by molar-refractivity contribution is -0.116. The minimum Gasteiger partial charge on any atom is -0.496 e. The lowest BCUT2D eigenvalue weighted by Crippen LogP contribution is -2.27. The highest BCUT2D eigenvalue weighted by Gasteiger charge is 2.39. The molecule has 1 atom stereocenters. The van der Waals surface area contributed by atoms with Gasteiger partial charge in [-0.2, -0.15) is 5.26 Å². The first kappa shape index (κ1) is 16.9. The Morgan fingerprint density at radius 2 is 2.04 bits per heavy atom. The van der Waals surface area contributed by atoms with Gasteiger partial charge in [-0.3, -0.25) is 4.79 Å². The van der Waals surface area contributed by atoms with Crippen LogP contribution in [0, 0.1) is 18.3 Å². The zero-order valence-corrected chi connectivity index (χ0v) is 14.5. The standard InChI is InChI=1S/C19H20N2O4/c1-10-14(23-2)8-7-11(18(10)24-3)16-12(9-20)19(21)25-15-6-4-5-13(22)17(15)16/h7-8,16H,4-6,21H2,1-3H3/t16-/m1/s1. The highest BCUT2D eigenvalue weighted by atomic mass is 16.5. The molecule has 2 N–H and O–H groups in total. The zero-order chi connectivity index (χ0) is 18.1. The molecule has 0 amide bonds. The Hall–Kier alpha value is -2.94. The summed E-state index contributed by atoms with van der Waals surface area (Å²) in [4.78, 5) is 12.6. The smallest absolute Gasteiger partial charge is 0.205 e. The van der Waals surface area contributed by atoms with Gasteiger partial charge in [0.05, 0.1) is 20.1 Å². The molecule has 1 aromatic carbocycles. The van der Waals surface area contributed by atoms with E-state index in [2.05, 4.69) is 6.07 Å². The van der Waals surface area contributed by atoms with Crippen LogP contribution in [0.25, 0.3) is 0 Å². The Morgan fingerprint density at radius 3 is 2.68 bits per heavy atom. The number of Topliss-reactive ketones (excluding diaryl/α,β-unsaturated/α-hetero) is 1. The van der Waals surface area contributed by atoms with Crippen molar-refractivity contribution in [1.29, 1.82) is 5.26 Å². The molecule has 6 heteroatoms. The molecule has 1 aliphatic carbocycles. The molecule has 0 saturated carbocycles. The van der Waals surface area contributed by atoms with Gasteiger partial charge in [-0.25, -0.2) is 0 Å². The van der Waals surface area contributed by atoms with Crippen molar-refractivity contribution in [2.75, 3.05) is 14.2 Å². The Morgan fingerprint density at radius 1 is 1.28 bits per heavy atom. The fourth-order valence-electron chi connectivity index (χ4n) is 3.58. The maximum absolute atomic E-state index is 12.6. The number of allylic oxidation sites excluding steroid dienone is 3. The van der Waals surface area contributed by atoms with E-state index in [0.29, 0.717) is 41.2 Å². The van der Waals surface area contributed by atoms with E-state index in [1.54, 1.807) is 20.3 Å². The number of ketones is 1. The number of nitriles is 1. The third-order valence-corrected chi connectivity index (χ3v) is 4.73. The van der Waals surface area contributed by atoms with Crippen LogP contribution in [0.15, 0.2) is 34.9 Å². The Balaban J connectivity index is 2.27. The molecule has 0 spiro atoms. The molecule has 0 saturated heterocycles. The predicted octanol–water partition coefficient (Wildman–Crippen LogP) is 2.83. The lowest BCUT2D eigenvalue weighted by atomic mass is 9.77. The predicted molar refractivity (Wildman–Crippen MR) is 90.8 cm³/mol. The van der Waals surface area contributed by atoms with Crippen LogP contribution in [0.1, 0.15) is 36.3 Å². The van der Waals surface area contributed by atoms with Crippen molar-refractivity contribution in [1.82, 2.24) is 0 Å². The monoisotopic (exact) mass is 340 g/mol. The summed E-state index contributed by atoms with van der Waals surface area (Å²) in [6.07, 6.45) is 1.79.